The first kappa shape index (κ1) is 21.4. The first-order valence-corrected chi connectivity index (χ1v) is 10.3. The van der Waals surface area contributed by atoms with E-state index in [1.54, 1.807) is 12.1 Å². The number of nitrogens with zero attached hydrogens (tertiary/aromatic N) is 1. The molecule has 0 unspecified atom stereocenters. The molecule has 1 aliphatic heterocycles. The van der Waals surface area contributed by atoms with Crippen LogP contribution in [0.1, 0.15) is 46.8 Å². The van der Waals surface area contributed by atoms with Crippen LogP contribution in [0.2, 0.25) is 0 Å². The zero-order valence-corrected chi connectivity index (χ0v) is 17.2. The number of amides is 4. The fourth-order valence-corrected chi connectivity index (χ4v) is 3.39. The number of rotatable bonds is 8. The Balaban J connectivity index is 1.44. The van der Waals surface area contributed by atoms with Gasteiger partial charge in [-0.3, -0.25) is 9.59 Å². The average molecular weight is 409 g/mol. The second-order valence-corrected chi connectivity index (χ2v) is 7.33. The average Bonchev–Trinajstić information content (AvgIpc) is 3.16. The standard InChI is InChI=1S/C23H28N4O3/c1-2-24-22(29)20-10-8-17(9-11-20)14-25-23(30)26-15-18-5-3-6-19(13-18)16-27-12-4-7-21(27)28/h3,5-6,8-11,13H,2,4,7,12,14-16H2,1H3,(H,24,29)(H2,25,26,30). The number of nitrogens with one attached hydrogen (secondary N) is 3. The van der Waals surface area contributed by atoms with Crippen LogP contribution in [0.4, 0.5) is 4.79 Å². The van der Waals surface area contributed by atoms with Crippen LogP contribution >= 0.6 is 0 Å². The molecule has 0 saturated carbocycles. The fourth-order valence-electron chi connectivity index (χ4n) is 3.39. The largest absolute Gasteiger partial charge is 0.352 e. The maximum absolute atomic E-state index is 12.1. The highest BCUT2D eigenvalue weighted by Crippen LogP contribution is 2.15. The number of urea groups is 1. The first-order valence-electron chi connectivity index (χ1n) is 10.3. The highest BCUT2D eigenvalue weighted by Gasteiger charge is 2.19. The Morgan fingerprint density at radius 3 is 2.30 bits per heavy atom. The Kier molecular flexibility index (Phi) is 7.43. The first-order chi connectivity index (χ1) is 14.5. The molecule has 2 aromatic carbocycles. The summed E-state index contributed by atoms with van der Waals surface area (Å²) in [6.45, 7) is 4.67. The van der Waals surface area contributed by atoms with Gasteiger partial charge in [0.1, 0.15) is 0 Å². The van der Waals surface area contributed by atoms with E-state index in [4.69, 9.17) is 0 Å². The molecule has 0 radical (unpaired) electrons. The summed E-state index contributed by atoms with van der Waals surface area (Å²) in [5.41, 5.74) is 3.56. The molecule has 0 aliphatic carbocycles. The van der Waals surface area contributed by atoms with Gasteiger partial charge in [-0.1, -0.05) is 36.4 Å². The lowest BCUT2D eigenvalue weighted by molar-refractivity contribution is -0.128. The van der Waals surface area contributed by atoms with Gasteiger partial charge >= 0.3 is 6.03 Å². The van der Waals surface area contributed by atoms with Crippen molar-refractivity contribution < 1.29 is 14.4 Å². The highest BCUT2D eigenvalue weighted by molar-refractivity contribution is 5.94. The Hall–Kier alpha value is -3.35. The van der Waals surface area contributed by atoms with E-state index in [9.17, 15) is 14.4 Å². The van der Waals surface area contributed by atoms with Crippen molar-refractivity contribution in [1.82, 2.24) is 20.9 Å². The molecule has 2 aromatic rings. The summed E-state index contributed by atoms with van der Waals surface area (Å²) in [6.07, 6.45) is 1.56. The summed E-state index contributed by atoms with van der Waals surface area (Å²) in [4.78, 5) is 37.5. The molecule has 30 heavy (non-hydrogen) atoms. The summed E-state index contributed by atoms with van der Waals surface area (Å²) in [5.74, 6) is 0.100. The van der Waals surface area contributed by atoms with Crippen LogP contribution in [0.25, 0.3) is 0 Å². The summed E-state index contributed by atoms with van der Waals surface area (Å²) in [5, 5.41) is 8.42. The number of carbonyl (C=O) groups is 3. The van der Waals surface area contributed by atoms with Gasteiger partial charge in [0.05, 0.1) is 0 Å². The molecule has 7 heteroatoms. The molecule has 1 aliphatic rings. The summed E-state index contributed by atoms with van der Waals surface area (Å²) in [7, 11) is 0. The van der Waals surface area contributed by atoms with E-state index < -0.39 is 0 Å². The third kappa shape index (κ3) is 6.07. The van der Waals surface area contributed by atoms with Crippen LogP contribution in [0, 0.1) is 0 Å². The van der Waals surface area contributed by atoms with Crippen molar-refractivity contribution in [2.75, 3.05) is 13.1 Å². The van der Waals surface area contributed by atoms with Gasteiger partial charge < -0.3 is 20.9 Å². The minimum atomic E-state index is -0.261. The zero-order chi connectivity index (χ0) is 21.3. The molecular formula is C23H28N4O3. The molecule has 3 N–H and O–H groups in total. The van der Waals surface area contributed by atoms with Crippen LogP contribution < -0.4 is 16.0 Å². The lowest BCUT2D eigenvalue weighted by Gasteiger charge is -2.16. The Bertz CT molecular complexity index is 896. The minimum Gasteiger partial charge on any atom is -0.352 e. The Morgan fingerprint density at radius 1 is 0.933 bits per heavy atom. The molecule has 1 saturated heterocycles. The predicted molar refractivity (Wildman–Crippen MR) is 115 cm³/mol. The Labute approximate surface area is 176 Å². The second kappa shape index (κ2) is 10.4. The van der Waals surface area contributed by atoms with Crippen molar-refractivity contribution in [3.8, 4) is 0 Å². The van der Waals surface area contributed by atoms with Gasteiger partial charge in [0, 0.05) is 44.7 Å². The highest BCUT2D eigenvalue weighted by atomic mass is 16.2. The van der Waals surface area contributed by atoms with E-state index in [0.717, 1.165) is 29.7 Å². The van der Waals surface area contributed by atoms with E-state index >= 15 is 0 Å². The summed E-state index contributed by atoms with van der Waals surface area (Å²) < 4.78 is 0. The molecule has 4 amide bonds. The number of hydrogen-bond acceptors (Lipinski definition) is 3. The van der Waals surface area contributed by atoms with E-state index in [-0.39, 0.29) is 17.8 Å². The number of likely N-dealkylation sites (tertiary alicyclic amines) is 1. The van der Waals surface area contributed by atoms with Crippen molar-refractivity contribution in [3.63, 3.8) is 0 Å². The van der Waals surface area contributed by atoms with Crippen LogP contribution in [0.5, 0.6) is 0 Å². The van der Waals surface area contributed by atoms with Crippen LogP contribution in [-0.4, -0.2) is 35.8 Å². The van der Waals surface area contributed by atoms with Crippen LogP contribution in [-0.2, 0) is 24.4 Å². The second-order valence-electron chi connectivity index (χ2n) is 7.33. The maximum Gasteiger partial charge on any atom is 0.315 e. The van der Waals surface area contributed by atoms with Gasteiger partial charge in [-0.05, 0) is 42.2 Å². The van der Waals surface area contributed by atoms with Crippen LogP contribution in [0.3, 0.4) is 0 Å². The van der Waals surface area contributed by atoms with E-state index in [1.807, 2.05) is 48.2 Å². The molecule has 0 spiro atoms. The molecule has 7 nitrogen and oxygen atoms in total. The molecule has 1 fully saturated rings. The monoisotopic (exact) mass is 408 g/mol. The third-order valence-corrected chi connectivity index (χ3v) is 5.00. The molecule has 0 bridgehead atoms. The SMILES string of the molecule is CCNC(=O)c1ccc(CNC(=O)NCc2cccc(CN3CCCC3=O)c2)cc1. The smallest absolute Gasteiger partial charge is 0.315 e. The molecule has 1 heterocycles. The zero-order valence-electron chi connectivity index (χ0n) is 17.2. The third-order valence-electron chi connectivity index (χ3n) is 5.00. The normalized spacial score (nSPS) is 13.2. The topological polar surface area (TPSA) is 90.5 Å². The van der Waals surface area contributed by atoms with E-state index in [2.05, 4.69) is 16.0 Å². The summed E-state index contributed by atoms with van der Waals surface area (Å²) >= 11 is 0. The van der Waals surface area contributed by atoms with Gasteiger partial charge in [0.2, 0.25) is 5.91 Å². The van der Waals surface area contributed by atoms with Crippen molar-refractivity contribution in [2.45, 2.75) is 39.4 Å². The van der Waals surface area contributed by atoms with Gasteiger partial charge in [0.15, 0.2) is 0 Å². The van der Waals surface area contributed by atoms with Gasteiger partial charge in [-0.25, -0.2) is 4.79 Å². The van der Waals surface area contributed by atoms with E-state index in [0.29, 0.717) is 38.2 Å². The van der Waals surface area contributed by atoms with Crippen molar-refractivity contribution in [2.24, 2.45) is 0 Å². The van der Waals surface area contributed by atoms with Crippen molar-refractivity contribution >= 4 is 17.8 Å². The maximum atomic E-state index is 12.1. The van der Waals surface area contributed by atoms with Gasteiger partial charge in [-0.15, -0.1) is 0 Å². The number of benzene rings is 2. The molecule has 0 aromatic heterocycles. The van der Waals surface area contributed by atoms with Gasteiger partial charge in [-0.2, -0.15) is 0 Å². The molecule has 3 rings (SSSR count). The Morgan fingerprint density at radius 2 is 1.63 bits per heavy atom. The fraction of sp³-hybridized carbons (Fsp3) is 0.348. The minimum absolute atomic E-state index is 0.105. The molecule has 0 atom stereocenters. The number of hydrogen-bond donors (Lipinski definition) is 3. The number of carbonyl (C=O) groups excluding carboxylic acids is 3. The molecular weight excluding hydrogens is 380 g/mol. The quantitative estimate of drug-likeness (QED) is 0.627. The lowest BCUT2D eigenvalue weighted by atomic mass is 10.1. The van der Waals surface area contributed by atoms with Crippen molar-refractivity contribution in [1.29, 1.82) is 0 Å². The van der Waals surface area contributed by atoms with Crippen molar-refractivity contribution in [3.05, 3.63) is 70.8 Å². The van der Waals surface area contributed by atoms with E-state index in [1.165, 1.54) is 0 Å². The summed E-state index contributed by atoms with van der Waals surface area (Å²) in [6, 6.07) is 14.8. The van der Waals surface area contributed by atoms with Gasteiger partial charge in [0.25, 0.3) is 5.91 Å². The lowest BCUT2D eigenvalue weighted by Crippen LogP contribution is -2.34. The predicted octanol–water partition coefficient (Wildman–Crippen LogP) is 2.56. The van der Waals surface area contributed by atoms with Crippen LogP contribution in [0.15, 0.2) is 48.5 Å². The molecule has 158 valence electrons.